The van der Waals surface area contributed by atoms with Crippen molar-refractivity contribution < 1.29 is 9.59 Å². The summed E-state index contributed by atoms with van der Waals surface area (Å²) >= 11 is 0. The number of rotatable bonds is 20. The molecule has 0 aliphatic carbocycles. The van der Waals surface area contributed by atoms with Crippen molar-refractivity contribution in [2.45, 2.75) is 133 Å². The van der Waals surface area contributed by atoms with Gasteiger partial charge >= 0.3 is 0 Å². The van der Waals surface area contributed by atoms with Gasteiger partial charge < -0.3 is 9.69 Å². The Balaban J connectivity index is 4.42. The standard InChI is InChI=1S/C36H61NO2/c1-28(2)26-37(27-29(3)4)36(39)34(9)24-14-22-32(7)20-12-18-30(5)16-11-17-31(6)19-13-21-33(8)23-15-25-35(10)38/h16,19-20,23-24,28-29H,11-15,17-18,21-22,25-27H2,1-10H3. The number of carbonyl (C=O) groups excluding carboxylic acids is 2. The summed E-state index contributed by atoms with van der Waals surface area (Å²) in [4.78, 5) is 26.0. The predicted molar refractivity (Wildman–Crippen MR) is 172 cm³/mol. The van der Waals surface area contributed by atoms with Crippen molar-refractivity contribution in [2.24, 2.45) is 11.8 Å². The Bertz CT molecular complexity index is 870. The molecule has 0 fully saturated rings. The average molecular weight is 540 g/mol. The molecule has 222 valence electrons. The fraction of sp³-hybridized carbons (Fsp3) is 0.667. The van der Waals surface area contributed by atoms with Gasteiger partial charge in [-0.25, -0.2) is 0 Å². The first kappa shape index (κ1) is 36.8. The fourth-order valence-corrected chi connectivity index (χ4v) is 4.54. The lowest BCUT2D eigenvalue weighted by Crippen LogP contribution is -2.37. The smallest absolute Gasteiger partial charge is 0.249 e. The number of hydrogen-bond donors (Lipinski definition) is 0. The lowest BCUT2D eigenvalue weighted by Gasteiger charge is -2.26. The summed E-state index contributed by atoms with van der Waals surface area (Å²) in [6, 6.07) is 0. The van der Waals surface area contributed by atoms with E-state index in [0.717, 1.165) is 76.5 Å². The summed E-state index contributed by atoms with van der Waals surface area (Å²) in [6.45, 7) is 22.8. The van der Waals surface area contributed by atoms with Crippen LogP contribution in [-0.2, 0) is 9.59 Å². The van der Waals surface area contributed by atoms with E-state index in [0.29, 0.717) is 18.3 Å². The van der Waals surface area contributed by atoms with Crippen LogP contribution in [0.15, 0.2) is 58.2 Å². The molecule has 0 bridgehead atoms. The van der Waals surface area contributed by atoms with E-state index in [9.17, 15) is 9.59 Å². The zero-order chi connectivity index (χ0) is 29.8. The van der Waals surface area contributed by atoms with E-state index >= 15 is 0 Å². The second-order valence-electron chi connectivity index (χ2n) is 12.5. The van der Waals surface area contributed by atoms with E-state index in [1.807, 2.05) is 11.8 Å². The van der Waals surface area contributed by atoms with E-state index in [-0.39, 0.29) is 11.7 Å². The van der Waals surface area contributed by atoms with Gasteiger partial charge in [-0.2, -0.15) is 0 Å². The predicted octanol–water partition coefficient (Wildman–Crippen LogP) is 10.3. The first-order chi connectivity index (χ1) is 18.3. The maximum atomic E-state index is 12.9. The molecule has 1 amide bonds. The normalized spacial score (nSPS) is 14.0. The lowest BCUT2D eigenvalue weighted by atomic mass is 10.0. The van der Waals surface area contributed by atoms with Crippen LogP contribution in [0.5, 0.6) is 0 Å². The van der Waals surface area contributed by atoms with E-state index in [2.05, 4.69) is 85.8 Å². The minimum atomic E-state index is 0.193. The summed E-state index contributed by atoms with van der Waals surface area (Å²) in [5.41, 5.74) is 6.60. The monoisotopic (exact) mass is 539 g/mol. The molecule has 0 aliphatic rings. The first-order valence-electron chi connectivity index (χ1n) is 15.4. The summed E-state index contributed by atoms with van der Waals surface area (Å²) in [6.07, 6.45) is 21.5. The Morgan fingerprint density at radius 3 is 1.13 bits per heavy atom. The molecule has 0 aromatic rings. The number of hydrogen-bond acceptors (Lipinski definition) is 2. The highest BCUT2D eigenvalue weighted by Gasteiger charge is 2.17. The molecule has 0 aromatic carbocycles. The van der Waals surface area contributed by atoms with Crippen molar-refractivity contribution in [3.8, 4) is 0 Å². The molecule has 3 heteroatoms. The molecule has 0 radical (unpaired) electrons. The van der Waals surface area contributed by atoms with E-state index in [4.69, 9.17) is 0 Å². The van der Waals surface area contributed by atoms with Gasteiger partial charge in [-0.3, -0.25) is 4.79 Å². The Kier molecular flexibility index (Phi) is 20.4. The number of ketones is 1. The van der Waals surface area contributed by atoms with Gasteiger partial charge in [-0.1, -0.05) is 80.4 Å². The van der Waals surface area contributed by atoms with Crippen LogP contribution < -0.4 is 0 Å². The van der Waals surface area contributed by atoms with E-state index in [1.165, 1.54) is 22.3 Å². The molecule has 39 heavy (non-hydrogen) atoms. The van der Waals surface area contributed by atoms with Gasteiger partial charge in [-0.05, 0) is 111 Å². The van der Waals surface area contributed by atoms with Crippen molar-refractivity contribution in [3.63, 3.8) is 0 Å². The largest absolute Gasteiger partial charge is 0.338 e. The maximum absolute atomic E-state index is 12.9. The van der Waals surface area contributed by atoms with Crippen LogP contribution in [0.3, 0.4) is 0 Å². The van der Waals surface area contributed by atoms with Crippen LogP contribution in [0.25, 0.3) is 0 Å². The zero-order valence-corrected chi connectivity index (χ0v) is 27.3. The second-order valence-corrected chi connectivity index (χ2v) is 12.5. The van der Waals surface area contributed by atoms with Gasteiger partial charge in [0.15, 0.2) is 0 Å². The minimum absolute atomic E-state index is 0.193. The SMILES string of the molecule is CC(=O)CCC=C(C)CCC=C(C)CCC=C(C)CCC=C(C)CCC=C(C)C(=O)N(CC(C)C)CC(C)C. The van der Waals surface area contributed by atoms with Gasteiger partial charge in [0.25, 0.3) is 0 Å². The number of allylic oxidation sites excluding steroid dienone is 9. The molecule has 0 heterocycles. The minimum Gasteiger partial charge on any atom is -0.338 e. The van der Waals surface area contributed by atoms with Crippen molar-refractivity contribution in [3.05, 3.63) is 58.2 Å². The number of Topliss-reactive ketones (excluding diaryl/α,β-unsaturated/α-hetero) is 1. The van der Waals surface area contributed by atoms with Crippen molar-refractivity contribution in [1.82, 2.24) is 4.90 Å². The highest BCUT2D eigenvalue weighted by atomic mass is 16.2. The Morgan fingerprint density at radius 2 is 0.821 bits per heavy atom. The Hall–Kier alpha value is -2.16. The van der Waals surface area contributed by atoms with Crippen LogP contribution >= 0.6 is 0 Å². The average Bonchev–Trinajstić information content (AvgIpc) is 2.82. The third kappa shape index (κ3) is 21.4. The van der Waals surface area contributed by atoms with Crippen molar-refractivity contribution in [1.29, 1.82) is 0 Å². The molecule has 0 atom stereocenters. The van der Waals surface area contributed by atoms with Crippen molar-refractivity contribution >= 4 is 11.7 Å². The molecule has 0 saturated heterocycles. The third-order valence-corrected chi connectivity index (χ3v) is 6.87. The molecule has 0 aromatic heterocycles. The molecule has 0 N–H and O–H groups in total. The Labute approximate surface area is 242 Å². The third-order valence-electron chi connectivity index (χ3n) is 6.87. The maximum Gasteiger partial charge on any atom is 0.249 e. The fourth-order valence-electron chi connectivity index (χ4n) is 4.54. The summed E-state index contributed by atoms with van der Waals surface area (Å²) < 4.78 is 0. The zero-order valence-electron chi connectivity index (χ0n) is 27.3. The molecule has 0 aliphatic heterocycles. The van der Waals surface area contributed by atoms with Crippen LogP contribution in [0.4, 0.5) is 0 Å². The molecular formula is C36H61NO2. The van der Waals surface area contributed by atoms with Crippen LogP contribution in [0.2, 0.25) is 0 Å². The van der Waals surface area contributed by atoms with Gasteiger partial charge in [-0.15, -0.1) is 0 Å². The molecular weight excluding hydrogens is 478 g/mol. The lowest BCUT2D eigenvalue weighted by molar-refractivity contribution is -0.128. The highest BCUT2D eigenvalue weighted by molar-refractivity contribution is 5.92. The van der Waals surface area contributed by atoms with Crippen LogP contribution in [0.1, 0.15) is 133 Å². The number of carbonyl (C=O) groups is 2. The molecule has 0 spiro atoms. The number of nitrogens with zero attached hydrogens (tertiary/aromatic N) is 1. The molecule has 0 rings (SSSR count). The highest BCUT2D eigenvalue weighted by Crippen LogP contribution is 2.16. The van der Waals surface area contributed by atoms with E-state index < -0.39 is 0 Å². The first-order valence-corrected chi connectivity index (χ1v) is 15.4. The van der Waals surface area contributed by atoms with Crippen LogP contribution in [-0.4, -0.2) is 29.7 Å². The Morgan fingerprint density at radius 1 is 0.513 bits per heavy atom. The van der Waals surface area contributed by atoms with Crippen LogP contribution in [0, 0.1) is 11.8 Å². The molecule has 3 nitrogen and oxygen atoms in total. The van der Waals surface area contributed by atoms with Gasteiger partial charge in [0, 0.05) is 25.1 Å². The summed E-state index contributed by atoms with van der Waals surface area (Å²) in [7, 11) is 0. The summed E-state index contributed by atoms with van der Waals surface area (Å²) in [5, 5.41) is 0. The van der Waals surface area contributed by atoms with E-state index in [1.54, 1.807) is 6.92 Å². The molecule has 0 saturated carbocycles. The quantitative estimate of drug-likeness (QED) is 0.114. The van der Waals surface area contributed by atoms with Gasteiger partial charge in [0.2, 0.25) is 5.91 Å². The topological polar surface area (TPSA) is 37.4 Å². The number of amides is 1. The summed E-state index contributed by atoms with van der Waals surface area (Å²) in [5.74, 6) is 1.42. The molecule has 0 unspecified atom stereocenters. The van der Waals surface area contributed by atoms with Crippen molar-refractivity contribution in [2.75, 3.05) is 13.1 Å². The second kappa shape index (κ2) is 21.6. The van der Waals surface area contributed by atoms with Gasteiger partial charge in [0.1, 0.15) is 5.78 Å². The van der Waals surface area contributed by atoms with Gasteiger partial charge in [0.05, 0.1) is 0 Å².